The van der Waals surface area contributed by atoms with E-state index in [1.54, 1.807) is 11.0 Å². The minimum Gasteiger partial charge on any atom is -0.472 e. The number of likely N-dealkylation sites (tertiary alicyclic amines) is 1. The van der Waals surface area contributed by atoms with E-state index in [1.807, 2.05) is 19.9 Å². The molecule has 0 spiro atoms. The Morgan fingerprint density at radius 1 is 1.41 bits per heavy atom. The van der Waals surface area contributed by atoms with Gasteiger partial charge in [0, 0.05) is 24.4 Å². The zero-order valence-electron chi connectivity index (χ0n) is 12.7. The number of hydrogen-bond acceptors (Lipinski definition) is 6. The van der Waals surface area contributed by atoms with Crippen LogP contribution in [0.4, 0.5) is 0 Å². The summed E-state index contributed by atoms with van der Waals surface area (Å²) >= 11 is 0. The molecule has 1 amide bonds. The molecule has 7 heteroatoms. The van der Waals surface area contributed by atoms with Gasteiger partial charge in [-0.15, -0.1) is 0 Å². The standard InChI is InChI=1S/C15H18N4O3/c1-10-8-14(18-11(2)17-10)21-12-4-3-7-19(9-12)15(20)13-5-6-16-22-13/h5-6,8,12H,3-4,7,9H2,1-2H3. The Morgan fingerprint density at radius 3 is 3.00 bits per heavy atom. The summed E-state index contributed by atoms with van der Waals surface area (Å²) in [5.41, 5.74) is 0.868. The first-order chi connectivity index (χ1) is 10.6. The van der Waals surface area contributed by atoms with E-state index >= 15 is 0 Å². The lowest BCUT2D eigenvalue weighted by molar-refractivity contribution is 0.0491. The molecule has 7 nitrogen and oxygen atoms in total. The molecule has 3 heterocycles. The zero-order chi connectivity index (χ0) is 15.5. The lowest BCUT2D eigenvalue weighted by atomic mass is 10.1. The number of carbonyl (C=O) groups excluding carboxylic acids is 1. The van der Waals surface area contributed by atoms with Gasteiger partial charge in [0.2, 0.25) is 11.6 Å². The quantitative estimate of drug-likeness (QED) is 0.859. The van der Waals surface area contributed by atoms with E-state index in [-0.39, 0.29) is 17.8 Å². The molecule has 1 aliphatic rings. The molecule has 0 aromatic carbocycles. The van der Waals surface area contributed by atoms with Crippen molar-refractivity contribution in [1.82, 2.24) is 20.0 Å². The molecule has 0 saturated carbocycles. The Hall–Kier alpha value is -2.44. The van der Waals surface area contributed by atoms with Crippen molar-refractivity contribution in [3.8, 4) is 5.88 Å². The SMILES string of the molecule is Cc1cc(OC2CCCN(C(=O)c3ccno3)C2)nc(C)n1. The van der Waals surface area contributed by atoms with Gasteiger partial charge < -0.3 is 14.2 Å². The zero-order valence-corrected chi connectivity index (χ0v) is 12.7. The number of hydrogen-bond donors (Lipinski definition) is 0. The minimum atomic E-state index is -0.152. The molecule has 2 aromatic rings. The average molecular weight is 302 g/mol. The summed E-state index contributed by atoms with van der Waals surface area (Å²) in [6.07, 6.45) is 3.17. The Bertz CT molecular complexity index is 637. The van der Waals surface area contributed by atoms with Crippen LogP contribution in [0.2, 0.25) is 0 Å². The van der Waals surface area contributed by atoms with Crippen LogP contribution in [0.15, 0.2) is 22.9 Å². The maximum atomic E-state index is 12.3. The summed E-state index contributed by atoms with van der Waals surface area (Å²) in [5, 5.41) is 3.57. The van der Waals surface area contributed by atoms with Crippen LogP contribution >= 0.6 is 0 Å². The normalized spacial score (nSPS) is 18.3. The maximum Gasteiger partial charge on any atom is 0.292 e. The molecule has 1 saturated heterocycles. The van der Waals surface area contributed by atoms with Crippen molar-refractivity contribution >= 4 is 5.91 Å². The third-order valence-electron chi connectivity index (χ3n) is 3.54. The number of aromatic nitrogens is 3. The highest BCUT2D eigenvalue weighted by atomic mass is 16.5. The van der Waals surface area contributed by atoms with Gasteiger partial charge in [-0.2, -0.15) is 4.98 Å². The van der Waals surface area contributed by atoms with Crippen molar-refractivity contribution in [3.05, 3.63) is 35.6 Å². The van der Waals surface area contributed by atoms with Crippen molar-refractivity contribution in [3.63, 3.8) is 0 Å². The van der Waals surface area contributed by atoms with Crippen molar-refractivity contribution in [2.45, 2.75) is 32.8 Å². The van der Waals surface area contributed by atoms with Crippen molar-refractivity contribution in [2.75, 3.05) is 13.1 Å². The third-order valence-corrected chi connectivity index (χ3v) is 3.54. The van der Waals surface area contributed by atoms with Gasteiger partial charge in [-0.25, -0.2) is 4.98 Å². The number of ether oxygens (including phenoxy) is 1. The van der Waals surface area contributed by atoms with E-state index in [9.17, 15) is 4.79 Å². The lowest BCUT2D eigenvalue weighted by Crippen LogP contribution is -2.44. The van der Waals surface area contributed by atoms with E-state index in [0.717, 1.165) is 18.5 Å². The first kappa shape index (κ1) is 14.5. The van der Waals surface area contributed by atoms with Crippen LogP contribution in [0.3, 0.4) is 0 Å². The number of piperidine rings is 1. The van der Waals surface area contributed by atoms with Gasteiger partial charge in [-0.3, -0.25) is 4.79 Å². The summed E-state index contributed by atoms with van der Waals surface area (Å²) in [7, 11) is 0. The lowest BCUT2D eigenvalue weighted by Gasteiger charge is -2.32. The van der Waals surface area contributed by atoms with Crippen LogP contribution in [0.1, 0.15) is 34.9 Å². The highest BCUT2D eigenvalue weighted by molar-refractivity contribution is 5.91. The van der Waals surface area contributed by atoms with Gasteiger partial charge in [0.15, 0.2) is 0 Å². The molecule has 1 aliphatic heterocycles. The van der Waals surface area contributed by atoms with Gasteiger partial charge in [0.05, 0.1) is 12.7 Å². The molecular weight excluding hydrogens is 284 g/mol. The fraction of sp³-hybridized carbons (Fsp3) is 0.467. The molecule has 0 radical (unpaired) electrons. The van der Waals surface area contributed by atoms with Gasteiger partial charge in [0.1, 0.15) is 11.9 Å². The third kappa shape index (κ3) is 3.24. The van der Waals surface area contributed by atoms with E-state index in [4.69, 9.17) is 9.26 Å². The summed E-state index contributed by atoms with van der Waals surface area (Å²) in [6, 6.07) is 3.38. The predicted octanol–water partition coefficient (Wildman–Crippen LogP) is 1.77. The minimum absolute atomic E-state index is 0.0747. The highest BCUT2D eigenvalue weighted by Crippen LogP contribution is 2.19. The smallest absolute Gasteiger partial charge is 0.292 e. The van der Waals surface area contributed by atoms with Crippen LogP contribution < -0.4 is 4.74 Å². The molecule has 22 heavy (non-hydrogen) atoms. The van der Waals surface area contributed by atoms with Crippen LogP contribution in [-0.4, -0.2) is 45.1 Å². The summed E-state index contributed by atoms with van der Waals surface area (Å²) < 4.78 is 10.9. The fourth-order valence-electron chi connectivity index (χ4n) is 2.61. The second-order valence-electron chi connectivity index (χ2n) is 5.40. The van der Waals surface area contributed by atoms with E-state index < -0.39 is 0 Å². The molecule has 1 atom stereocenters. The molecule has 0 N–H and O–H groups in total. The van der Waals surface area contributed by atoms with Gasteiger partial charge in [0.25, 0.3) is 5.91 Å². The molecule has 0 bridgehead atoms. The molecule has 116 valence electrons. The second kappa shape index (κ2) is 6.13. The van der Waals surface area contributed by atoms with E-state index in [2.05, 4.69) is 15.1 Å². The number of aryl methyl sites for hydroxylation is 2. The second-order valence-corrected chi connectivity index (χ2v) is 5.40. The molecular formula is C15H18N4O3. The van der Waals surface area contributed by atoms with Crippen molar-refractivity contribution in [1.29, 1.82) is 0 Å². The summed E-state index contributed by atoms with van der Waals surface area (Å²) in [6.45, 7) is 4.95. The number of carbonyl (C=O) groups is 1. The van der Waals surface area contributed by atoms with Crippen molar-refractivity contribution < 1.29 is 14.1 Å². The number of rotatable bonds is 3. The first-order valence-corrected chi connectivity index (χ1v) is 7.31. The Balaban J connectivity index is 1.66. The largest absolute Gasteiger partial charge is 0.472 e. The fourth-order valence-corrected chi connectivity index (χ4v) is 2.61. The summed E-state index contributed by atoms with van der Waals surface area (Å²) in [4.78, 5) is 22.5. The molecule has 0 aliphatic carbocycles. The predicted molar refractivity (Wildman–Crippen MR) is 77.6 cm³/mol. The van der Waals surface area contributed by atoms with Crippen LogP contribution in [-0.2, 0) is 0 Å². The molecule has 2 aromatic heterocycles. The van der Waals surface area contributed by atoms with E-state index in [0.29, 0.717) is 24.8 Å². The number of amides is 1. The Labute approximate surface area is 128 Å². The Kier molecular flexibility index (Phi) is 4.04. The average Bonchev–Trinajstić information content (AvgIpc) is 3.00. The van der Waals surface area contributed by atoms with Crippen LogP contribution in [0, 0.1) is 13.8 Å². The Morgan fingerprint density at radius 2 is 2.27 bits per heavy atom. The topological polar surface area (TPSA) is 81.4 Å². The van der Waals surface area contributed by atoms with Gasteiger partial charge in [-0.1, -0.05) is 5.16 Å². The number of nitrogens with zero attached hydrogens (tertiary/aromatic N) is 4. The maximum absolute atomic E-state index is 12.3. The first-order valence-electron chi connectivity index (χ1n) is 7.31. The van der Waals surface area contributed by atoms with Gasteiger partial charge >= 0.3 is 0 Å². The van der Waals surface area contributed by atoms with Gasteiger partial charge in [-0.05, 0) is 26.7 Å². The van der Waals surface area contributed by atoms with E-state index in [1.165, 1.54) is 6.20 Å². The molecule has 1 unspecified atom stereocenters. The summed E-state index contributed by atoms with van der Waals surface area (Å²) in [5.74, 6) is 1.35. The van der Waals surface area contributed by atoms with Crippen LogP contribution in [0.5, 0.6) is 5.88 Å². The van der Waals surface area contributed by atoms with Crippen molar-refractivity contribution in [2.24, 2.45) is 0 Å². The molecule has 3 rings (SSSR count). The highest BCUT2D eigenvalue weighted by Gasteiger charge is 2.27. The van der Waals surface area contributed by atoms with Crippen LogP contribution in [0.25, 0.3) is 0 Å². The molecule has 1 fully saturated rings. The monoisotopic (exact) mass is 302 g/mol.